The number of hydrogen-bond donors (Lipinski definition) is 1. The van der Waals surface area contributed by atoms with E-state index in [2.05, 4.69) is 4.98 Å². The maximum absolute atomic E-state index is 12.0. The number of esters is 1. The summed E-state index contributed by atoms with van der Waals surface area (Å²) in [7, 11) is 0. The molecule has 1 amide bonds. The Morgan fingerprint density at radius 2 is 2.04 bits per heavy atom. The van der Waals surface area contributed by atoms with Gasteiger partial charge in [0, 0.05) is 6.92 Å². The summed E-state index contributed by atoms with van der Waals surface area (Å²) in [6.07, 6.45) is 0.495. The Bertz CT molecular complexity index is 636. The molecule has 0 spiro atoms. The van der Waals surface area contributed by atoms with Crippen molar-refractivity contribution < 1.29 is 19.4 Å². The minimum atomic E-state index is -1.01. The lowest BCUT2D eigenvalue weighted by atomic mass is 9.69. The molecule has 0 fully saturated rings. The van der Waals surface area contributed by atoms with Gasteiger partial charge in [-0.05, 0) is 36.8 Å². The molecule has 2 rings (SSSR count). The third-order valence-corrected chi connectivity index (χ3v) is 4.83. The monoisotopic (exact) mass is 320 g/mol. The molecular formula is C17H24N2O4. The van der Waals surface area contributed by atoms with E-state index in [-0.39, 0.29) is 18.0 Å². The lowest BCUT2D eigenvalue weighted by Crippen LogP contribution is -2.60. The number of carbonyl (C=O) groups is 2. The summed E-state index contributed by atoms with van der Waals surface area (Å²) in [6.45, 7) is 9.45. The Morgan fingerprint density at radius 3 is 2.57 bits per heavy atom. The molecule has 2 heterocycles. The average Bonchev–Trinajstić information content (AvgIpc) is 2.42. The number of nitrogens with zero attached hydrogens (tertiary/aromatic N) is 2. The number of anilines is 1. The van der Waals surface area contributed by atoms with Crippen molar-refractivity contribution in [2.75, 3.05) is 4.90 Å². The zero-order valence-corrected chi connectivity index (χ0v) is 14.3. The standard InChI is InChI=1S/C17H24N2O4/c1-11(20)23-10-13-7-6-12-8-9-17(5,16(2,3)4)19(15(21)22)14(12)18-13/h6-7H,8-10H2,1-5H3,(H,21,22). The van der Waals surface area contributed by atoms with Gasteiger partial charge in [-0.1, -0.05) is 26.8 Å². The summed E-state index contributed by atoms with van der Waals surface area (Å²) in [5.41, 5.74) is 0.652. The van der Waals surface area contributed by atoms with E-state index in [1.54, 1.807) is 6.07 Å². The number of hydrogen-bond acceptors (Lipinski definition) is 4. The van der Waals surface area contributed by atoms with Crippen molar-refractivity contribution in [2.24, 2.45) is 5.41 Å². The van der Waals surface area contributed by atoms with Crippen molar-refractivity contribution in [2.45, 2.75) is 59.6 Å². The van der Waals surface area contributed by atoms with Crippen LogP contribution in [0.5, 0.6) is 0 Å². The second kappa shape index (κ2) is 5.83. The predicted octanol–water partition coefficient (Wildman–Crippen LogP) is 3.38. The quantitative estimate of drug-likeness (QED) is 0.845. The van der Waals surface area contributed by atoms with Gasteiger partial charge in [-0.2, -0.15) is 0 Å². The number of pyridine rings is 1. The Hall–Kier alpha value is -2.11. The molecule has 1 atom stereocenters. The van der Waals surface area contributed by atoms with Gasteiger partial charge >= 0.3 is 12.1 Å². The summed E-state index contributed by atoms with van der Waals surface area (Å²) in [6, 6.07) is 3.65. The Labute approximate surface area is 136 Å². The molecule has 6 heteroatoms. The molecule has 1 aromatic heterocycles. The zero-order valence-electron chi connectivity index (χ0n) is 14.3. The molecule has 23 heavy (non-hydrogen) atoms. The van der Waals surface area contributed by atoms with Crippen molar-refractivity contribution in [1.29, 1.82) is 0 Å². The Kier molecular flexibility index (Phi) is 4.37. The summed E-state index contributed by atoms with van der Waals surface area (Å²) >= 11 is 0. The third kappa shape index (κ3) is 3.16. The van der Waals surface area contributed by atoms with Crippen LogP contribution in [0.4, 0.5) is 10.6 Å². The van der Waals surface area contributed by atoms with E-state index in [1.165, 1.54) is 11.8 Å². The van der Waals surface area contributed by atoms with Gasteiger partial charge in [0.15, 0.2) is 0 Å². The van der Waals surface area contributed by atoms with Gasteiger partial charge < -0.3 is 9.84 Å². The molecule has 1 aliphatic heterocycles. The topological polar surface area (TPSA) is 79.7 Å². The molecule has 6 nitrogen and oxygen atoms in total. The van der Waals surface area contributed by atoms with Gasteiger partial charge in [0.25, 0.3) is 0 Å². The molecule has 0 aromatic carbocycles. The van der Waals surface area contributed by atoms with Crippen LogP contribution in [-0.4, -0.2) is 27.7 Å². The van der Waals surface area contributed by atoms with Crippen molar-refractivity contribution in [1.82, 2.24) is 4.98 Å². The minimum Gasteiger partial charge on any atom is -0.465 e. The van der Waals surface area contributed by atoms with Crippen LogP contribution in [0, 0.1) is 5.41 Å². The molecule has 0 saturated carbocycles. The lowest BCUT2D eigenvalue weighted by molar-refractivity contribution is -0.142. The normalized spacial score (nSPS) is 20.8. The largest absolute Gasteiger partial charge is 0.465 e. The number of amides is 1. The fraction of sp³-hybridized carbons (Fsp3) is 0.588. The zero-order chi connectivity index (χ0) is 17.4. The molecule has 0 saturated heterocycles. The van der Waals surface area contributed by atoms with Crippen LogP contribution >= 0.6 is 0 Å². The Morgan fingerprint density at radius 1 is 1.39 bits per heavy atom. The molecule has 1 unspecified atom stereocenters. The van der Waals surface area contributed by atoms with Crippen molar-refractivity contribution in [3.63, 3.8) is 0 Å². The Balaban J connectivity index is 2.47. The molecule has 126 valence electrons. The highest BCUT2D eigenvalue weighted by molar-refractivity contribution is 5.88. The SMILES string of the molecule is CC(=O)OCc1ccc2c(n1)N(C(=O)O)C(C)(C(C)(C)C)CC2. The van der Waals surface area contributed by atoms with E-state index in [9.17, 15) is 14.7 Å². The van der Waals surface area contributed by atoms with Crippen molar-refractivity contribution >= 4 is 17.9 Å². The number of carbonyl (C=O) groups excluding carboxylic acids is 1. The molecule has 0 bridgehead atoms. The second-order valence-electron chi connectivity index (χ2n) is 7.21. The van der Waals surface area contributed by atoms with E-state index in [1.807, 2.05) is 33.8 Å². The smallest absolute Gasteiger partial charge is 0.413 e. The van der Waals surface area contributed by atoms with Gasteiger partial charge in [0.1, 0.15) is 12.4 Å². The van der Waals surface area contributed by atoms with E-state index >= 15 is 0 Å². The van der Waals surface area contributed by atoms with Gasteiger partial charge in [-0.3, -0.25) is 9.69 Å². The molecule has 0 radical (unpaired) electrons. The maximum Gasteiger partial charge on any atom is 0.413 e. The predicted molar refractivity (Wildman–Crippen MR) is 86.4 cm³/mol. The minimum absolute atomic E-state index is 0.0440. The summed E-state index contributed by atoms with van der Waals surface area (Å²) in [4.78, 5) is 28.8. The first kappa shape index (κ1) is 17.2. The number of aromatic nitrogens is 1. The first-order valence-electron chi connectivity index (χ1n) is 7.71. The van der Waals surface area contributed by atoms with E-state index in [0.717, 1.165) is 18.4 Å². The van der Waals surface area contributed by atoms with Gasteiger partial charge in [-0.15, -0.1) is 0 Å². The fourth-order valence-electron chi connectivity index (χ4n) is 2.90. The third-order valence-electron chi connectivity index (χ3n) is 4.83. The van der Waals surface area contributed by atoms with Crippen molar-refractivity contribution in [3.05, 3.63) is 23.4 Å². The summed E-state index contributed by atoms with van der Waals surface area (Å²) in [5, 5.41) is 9.79. The average molecular weight is 320 g/mol. The van der Waals surface area contributed by atoms with E-state index < -0.39 is 11.6 Å². The number of ether oxygens (including phenoxy) is 1. The van der Waals surface area contributed by atoms with Crippen LogP contribution in [0.15, 0.2) is 12.1 Å². The van der Waals surface area contributed by atoms with Crippen LogP contribution in [0.2, 0.25) is 0 Å². The highest BCUT2D eigenvalue weighted by Gasteiger charge is 2.49. The second-order valence-corrected chi connectivity index (χ2v) is 7.21. The highest BCUT2D eigenvalue weighted by atomic mass is 16.5. The first-order chi connectivity index (χ1) is 10.6. The van der Waals surface area contributed by atoms with Gasteiger partial charge in [-0.25, -0.2) is 9.78 Å². The molecular weight excluding hydrogens is 296 g/mol. The van der Waals surface area contributed by atoms with E-state index in [4.69, 9.17) is 4.74 Å². The number of aryl methyl sites for hydroxylation is 1. The van der Waals surface area contributed by atoms with Crippen LogP contribution < -0.4 is 4.90 Å². The number of fused-ring (bicyclic) bond motifs is 1. The van der Waals surface area contributed by atoms with Crippen LogP contribution in [0.3, 0.4) is 0 Å². The first-order valence-corrected chi connectivity index (χ1v) is 7.71. The van der Waals surface area contributed by atoms with Crippen LogP contribution in [0.25, 0.3) is 0 Å². The highest BCUT2D eigenvalue weighted by Crippen LogP contribution is 2.45. The van der Waals surface area contributed by atoms with Crippen molar-refractivity contribution in [3.8, 4) is 0 Å². The van der Waals surface area contributed by atoms with Gasteiger partial charge in [0.05, 0.1) is 11.2 Å². The molecule has 1 aromatic rings. The lowest BCUT2D eigenvalue weighted by Gasteiger charge is -2.51. The molecule has 0 aliphatic carbocycles. The van der Waals surface area contributed by atoms with Crippen LogP contribution in [-0.2, 0) is 22.6 Å². The number of rotatable bonds is 2. The number of carboxylic acid groups (broad SMARTS) is 1. The molecule has 1 aliphatic rings. The molecule has 1 N–H and O–H groups in total. The van der Waals surface area contributed by atoms with Crippen LogP contribution in [0.1, 0.15) is 52.3 Å². The summed E-state index contributed by atoms with van der Waals surface area (Å²) in [5.74, 6) is 0.0602. The van der Waals surface area contributed by atoms with Gasteiger partial charge in [0.2, 0.25) is 0 Å². The summed E-state index contributed by atoms with van der Waals surface area (Å²) < 4.78 is 4.97. The fourth-order valence-corrected chi connectivity index (χ4v) is 2.90. The van der Waals surface area contributed by atoms with E-state index in [0.29, 0.717) is 11.5 Å². The maximum atomic E-state index is 12.0.